The van der Waals surface area contributed by atoms with E-state index in [0.717, 1.165) is 10.4 Å². The fraction of sp³-hybridized carbons (Fsp3) is 0. The summed E-state index contributed by atoms with van der Waals surface area (Å²) in [5, 5.41) is 19.3. The molecule has 3 heteroatoms. The van der Waals surface area contributed by atoms with Crippen molar-refractivity contribution in [3.05, 3.63) is 83.7 Å². The number of hydrogen-bond acceptors (Lipinski definition) is 2. The molecule has 0 radical (unpaired) electrons. The number of aromatic carboxylic acids is 1. The fourth-order valence-electron chi connectivity index (χ4n) is 4.46. The van der Waals surface area contributed by atoms with Gasteiger partial charge in [0, 0.05) is 4.88 Å². The first-order valence-electron chi connectivity index (χ1n) is 9.14. The van der Waals surface area contributed by atoms with Crippen LogP contribution in [-0.4, -0.2) is 11.1 Å². The van der Waals surface area contributed by atoms with Gasteiger partial charge in [-0.15, -0.1) is 11.3 Å². The van der Waals surface area contributed by atoms with Gasteiger partial charge in [-0.05, 0) is 60.8 Å². The minimum Gasteiger partial charge on any atom is -0.477 e. The molecule has 5 aromatic carbocycles. The Balaban J connectivity index is 1.81. The van der Waals surface area contributed by atoms with Gasteiger partial charge in [0.1, 0.15) is 4.88 Å². The summed E-state index contributed by atoms with van der Waals surface area (Å²) in [5.41, 5.74) is 1.09. The summed E-state index contributed by atoms with van der Waals surface area (Å²) in [7, 11) is 0. The highest BCUT2D eigenvalue weighted by molar-refractivity contribution is 7.17. The zero-order valence-corrected chi connectivity index (χ0v) is 15.6. The summed E-state index contributed by atoms with van der Waals surface area (Å²) in [6.07, 6.45) is 0. The van der Waals surface area contributed by atoms with Crippen molar-refractivity contribution in [2.75, 3.05) is 0 Å². The highest BCUT2D eigenvalue weighted by atomic mass is 32.1. The van der Waals surface area contributed by atoms with Crippen molar-refractivity contribution in [2.24, 2.45) is 0 Å². The molecule has 0 spiro atoms. The van der Waals surface area contributed by atoms with Gasteiger partial charge in [0.2, 0.25) is 0 Å². The van der Waals surface area contributed by atoms with E-state index in [9.17, 15) is 9.90 Å². The Labute approximate surface area is 164 Å². The molecule has 0 saturated carbocycles. The Morgan fingerprint density at radius 3 is 1.93 bits per heavy atom. The van der Waals surface area contributed by atoms with Crippen molar-refractivity contribution in [3.8, 4) is 10.4 Å². The molecule has 6 rings (SSSR count). The predicted octanol–water partition coefficient (Wildman–Crippen LogP) is 7.16. The first kappa shape index (κ1) is 15.6. The molecule has 0 aliphatic heterocycles. The van der Waals surface area contributed by atoms with Gasteiger partial charge in [-0.3, -0.25) is 0 Å². The first-order valence-corrected chi connectivity index (χ1v) is 9.96. The van der Waals surface area contributed by atoms with Gasteiger partial charge in [0.25, 0.3) is 0 Å². The predicted molar refractivity (Wildman–Crippen MR) is 118 cm³/mol. The number of benzene rings is 5. The van der Waals surface area contributed by atoms with Crippen molar-refractivity contribution in [3.63, 3.8) is 0 Å². The largest absolute Gasteiger partial charge is 0.477 e. The van der Waals surface area contributed by atoms with E-state index in [1.165, 1.54) is 54.4 Å². The van der Waals surface area contributed by atoms with Gasteiger partial charge in [-0.2, -0.15) is 0 Å². The van der Waals surface area contributed by atoms with Crippen LogP contribution in [0.2, 0.25) is 0 Å². The Bertz CT molecular complexity index is 1490. The van der Waals surface area contributed by atoms with E-state index >= 15 is 0 Å². The van der Waals surface area contributed by atoms with E-state index in [1.54, 1.807) is 6.07 Å². The number of thiophene rings is 1. The zero-order chi connectivity index (χ0) is 18.8. The van der Waals surface area contributed by atoms with Crippen LogP contribution in [0, 0.1) is 0 Å². The monoisotopic (exact) mass is 378 g/mol. The molecular weight excluding hydrogens is 364 g/mol. The second-order valence-corrected chi connectivity index (χ2v) is 8.15. The van der Waals surface area contributed by atoms with Crippen molar-refractivity contribution in [2.45, 2.75) is 0 Å². The van der Waals surface area contributed by atoms with Crippen LogP contribution in [0.15, 0.2) is 78.9 Å². The van der Waals surface area contributed by atoms with Crippen LogP contribution in [0.25, 0.3) is 53.5 Å². The van der Waals surface area contributed by atoms with E-state index in [1.807, 2.05) is 6.07 Å². The Morgan fingerprint density at radius 2 is 1.25 bits per heavy atom. The molecule has 1 heterocycles. The van der Waals surface area contributed by atoms with Gasteiger partial charge in [0.05, 0.1) is 0 Å². The number of carboxylic acids is 1. The maximum Gasteiger partial charge on any atom is 0.345 e. The third kappa shape index (κ3) is 1.99. The molecule has 0 aliphatic carbocycles. The van der Waals surface area contributed by atoms with Crippen molar-refractivity contribution in [1.82, 2.24) is 0 Å². The Kier molecular flexibility index (Phi) is 3.09. The fourth-order valence-corrected chi connectivity index (χ4v) is 5.34. The van der Waals surface area contributed by atoms with Crippen molar-refractivity contribution >= 4 is 60.4 Å². The molecule has 28 heavy (non-hydrogen) atoms. The van der Waals surface area contributed by atoms with Crippen LogP contribution in [0.1, 0.15) is 9.67 Å². The lowest BCUT2D eigenvalue weighted by atomic mass is 9.88. The first-order chi connectivity index (χ1) is 13.7. The highest BCUT2D eigenvalue weighted by Gasteiger charge is 2.16. The number of hydrogen-bond donors (Lipinski definition) is 1. The lowest BCUT2D eigenvalue weighted by Gasteiger charge is -2.15. The summed E-state index contributed by atoms with van der Waals surface area (Å²) in [5.74, 6) is -0.875. The average Bonchev–Trinajstić information content (AvgIpc) is 3.22. The van der Waals surface area contributed by atoms with Crippen molar-refractivity contribution in [1.29, 1.82) is 0 Å². The zero-order valence-electron chi connectivity index (χ0n) is 14.8. The van der Waals surface area contributed by atoms with Crippen molar-refractivity contribution < 1.29 is 9.90 Å². The van der Waals surface area contributed by atoms with Crippen LogP contribution in [0.4, 0.5) is 0 Å². The van der Waals surface area contributed by atoms with E-state index < -0.39 is 5.97 Å². The standard InChI is InChI=1S/C25H14O2S/c26-25(27)22-13-12-21(28-22)15-10-11-20-18-7-2-5-14-4-1-6-17(23(14)18)19-9-3-8-16(15)24(19)20/h1-13H,(H,26,27). The summed E-state index contributed by atoms with van der Waals surface area (Å²) in [6, 6.07) is 27.3. The molecule has 6 aromatic rings. The number of carbonyl (C=O) groups is 1. The van der Waals surface area contributed by atoms with Gasteiger partial charge in [-0.25, -0.2) is 4.79 Å². The smallest absolute Gasteiger partial charge is 0.345 e. The number of carboxylic acid groups (broad SMARTS) is 1. The second-order valence-electron chi connectivity index (χ2n) is 7.07. The van der Waals surface area contributed by atoms with Crippen LogP contribution >= 0.6 is 11.3 Å². The molecule has 0 bridgehead atoms. The van der Waals surface area contributed by atoms with E-state index in [0.29, 0.717) is 4.88 Å². The Hall–Kier alpha value is -3.43. The van der Waals surface area contributed by atoms with Crippen LogP contribution in [0.5, 0.6) is 0 Å². The molecule has 0 fully saturated rings. The minimum atomic E-state index is -0.875. The molecular formula is C25H14O2S. The van der Waals surface area contributed by atoms with Gasteiger partial charge >= 0.3 is 5.97 Å². The molecule has 0 atom stereocenters. The summed E-state index contributed by atoms with van der Waals surface area (Å²) in [6.45, 7) is 0. The highest BCUT2D eigenvalue weighted by Crippen LogP contribution is 2.43. The minimum absolute atomic E-state index is 0.366. The molecule has 0 saturated heterocycles. The average molecular weight is 378 g/mol. The summed E-state index contributed by atoms with van der Waals surface area (Å²) in [4.78, 5) is 12.7. The lowest BCUT2D eigenvalue weighted by molar-refractivity contribution is 0.0702. The molecule has 2 nitrogen and oxygen atoms in total. The quantitative estimate of drug-likeness (QED) is 0.256. The molecule has 0 unspecified atom stereocenters. The van der Waals surface area contributed by atoms with Crippen LogP contribution in [0.3, 0.4) is 0 Å². The Morgan fingerprint density at radius 1 is 0.643 bits per heavy atom. The maximum absolute atomic E-state index is 11.3. The van der Waals surface area contributed by atoms with E-state index in [2.05, 4.69) is 66.7 Å². The van der Waals surface area contributed by atoms with Gasteiger partial charge in [0.15, 0.2) is 0 Å². The topological polar surface area (TPSA) is 37.3 Å². The number of fused-ring (bicyclic) bond motifs is 2. The van der Waals surface area contributed by atoms with Gasteiger partial charge in [-0.1, -0.05) is 66.7 Å². The summed E-state index contributed by atoms with van der Waals surface area (Å²) >= 11 is 1.33. The van der Waals surface area contributed by atoms with Crippen LogP contribution < -0.4 is 0 Å². The van der Waals surface area contributed by atoms with E-state index in [-0.39, 0.29) is 0 Å². The maximum atomic E-state index is 11.3. The molecule has 0 aliphatic rings. The van der Waals surface area contributed by atoms with E-state index in [4.69, 9.17) is 0 Å². The SMILES string of the molecule is O=C(O)c1ccc(-c2ccc3c4cccc5cccc(c6cccc2c63)c54)s1. The molecule has 0 amide bonds. The summed E-state index contributed by atoms with van der Waals surface area (Å²) < 4.78 is 0. The third-order valence-corrected chi connectivity index (χ3v) is 6.71. The van der Waals surface area contributed by atoms with Gasteiger partial charge < -0.3 is 5.11 Å². The normalized spacial score (nSPS) is 11.9. The second kappa shape index (κ2) is 5.54. The number of rotatable bonds is 2. The molecule has 1 N–H and O–H groups in total. The van der Waals surface area contributed by atoms with Crippen LogP contribution in [-0.2, 0) is 0 Å². The third-order valence-electron chi connectivity index (χ3n) is 5.61. The lowest BCUT2D eigenvalue weighted by Crippen LogP contribution is -1.89. The molecule has 132 valence electrons. The molecule has 1 aromatic heterocycles.